The largest absolute Gasteiger partial charge is 0.300 e. The molecule has 0 N–H and O–H groups in total. The van der Waals surface area contributed by atoms with E-state index in [1.807, 2.05) is 27.7 Å². The van der Waals surface area contributed by atoms with Crippen LogP contribution < -0.4 is 0 Å². The van der Waals surface area contributed by atoms with E-state index in [2.05, 4.69) is 192 Å². The summed E-state index contributed by atoms with van der Waals surface area (Å²) in [5.41, 5.74) is 6.03. The van der Waals surface area contributed by atoms with Crippen LogP contribution in [0.1, 0.15) is 300 Å². The SMILES string of the molecule is C=S1(=O)CC2(CCN2C(C)C)C1.C=S1(=O)CC2(CN(C(C)C)C2)C1.CC.CC.CC(C)N1CC2(CCC2)C1.CC(C)N1CC2(CCC2)C1.CC(C)N1CC2(CSC2)C1.CC(C)N1CCC12CCC2.CC(C)N1CCC12CCC2.CC(C)N1CCC12CCC2.CC(C)N1CCC12CCC2. The molecular formula is C84H163N9O2S3. The zero-order valence-electron chi connectivity index (χ0n) is 68.9. The summed E-state index contributed by atoms with van der Waals surface area (Å²) in [6.45, 7) is 66.4. The molecule has 574 valence electrons. The smallest absolute Gasteiger partial charge is 0.0443 e. The topological polar surface area (TPSA) is 63.3 Å². The lowest BCUT2D eigenvalue weighted by atomic mass is 9.63. The molecule has 6 saturated carbocycles. The van der Waals surface area contributed by atoms with Crippen LogP contribution in [0.3, 0.4) is 0 Å². The maximum atomic E-state index is 11.5. The lowest BCUT2D eigenvalue weighted by Gasteiger charge is -2.61. The lowest BCUT2D eigenvalue weighted by molar-refractivity contribution is -0.0927. The third-order valence-electron chi connectivity index (χ3n) is 28.5. The second-order valence-electron chi connectivity index (χ2n) is 38.4. The fraction of sp³-hybridized carbons (Fsp3) is 0.976. The zero-order chi connectivity index (χ0) is 72.3. The van der Waals surface area contributed by atoms with E-state index < -0.39 is 19.0 Å². The van der Waals surface area contributed by atoms with Gasteiger partial charge in [0, 0.05) is 213 Å². The van der Waals surface area contributed by atoms with Gasteiger partial charge in [0.05, 0.1) is 0 Å². The second-order valence-corrected chi connectivity index (χ2v) is 44.4. The van der Waals surface area contributed by atoms with Crippen LogP contribution in [0.2, 0.25) is 0 Å². The Balaban J connectivity index is 0.000000140. The summed E-state index contributed by atoms with van der Waals surface area (Å²) in [4.78, 5) is 23.4. The van der Waals surface area contributed by atoms with Gasteiger partial charge >= 0.3 is 0 Å². The van der Waals surface area contributed by atoms with Crippen molar-refractivity contribution in [3.8, 4) is 0 Å². The molecule has 12 aliphatic heterocycles. The van der Waals surface area contributed by atoms with Crippen molar-refractivity contribution >= 4 is 42.5 Å². The van der Waals surface area contributed by atoms with Gasteiger partial charge in [0.1, 0.15) is 0 Å². The summed E-state index contributed by atoms with van der Waals surface area (Å²) >= 11 is 2.11. The maximum Gasteiger partial charge on any atom is 0.0443 e. The van der Waals surface area contributed by atoms with E-state index in [4.69, 9.17) is 0 Å². The molecule has 9 spiro atoms. The van der Waals surface area contributed by atoms with Gasteiger partial charge in [-0.15, -0.1) is 0 Å². The van der Waals surface area contributed by atoms with Gasteiger partial charge in [-0.1, -0.05) is 40.5 Å². The van der Waals surface area contributed by atoms with Crippen LogP contribution in [-0.4, -0.2) is 266 Å². The molecule has 6 aliphatic carbocycles. The predicted molar refractivity (Wildman–Crippen MR) is 436 cm³/mol. The van der Waals surface area contributed by atoms with Gasteiger partial charge in [-0.05, 0) is 301 Å². The second kappa shape index (κ2) is 33.7. The number of nitrogens with zero attached hydrogens (tertiary/aromatic N) is 9. The Kier molecular flexibility index (Phi) is 28.7. The third kappa shape index (κ3) is 18.6. The van der Waals surface area contributed by atoms with Crippen LogP contribution in [-0.2, 0) is 19.0 Å². The quantitative estimate of drug-likeness (QED) is 0.207. The molecule has 98 heavy (non-hydrogen) atoms. The van der Waals surface area contributed by atoms with Crippen molar-refractivity contribution in [3.05, 3.63) is 0 Å². The van der Waals surface area contributed by atoms with Crippen LogP contribution in [0, 0.1) is 21.7 Å². The molecule has 18 fully saturated rings. The van der Waals surface area contributed by atoms with Crippen LogP contribution >= 0.6 is 11.8 Å². The van der Waals surface area contributed by atoms with Crippen molar-refractivity contribution < 1.29 is 8.42 Å². The third-order valence-corrected chi connectivity index (χ3v) is 34.5. The van der Waals surface area contributed by atoms with Crippen molar-refractivity contribution in [3.63, 3.8) is 0 Å². The van der Waals surface area contributed by atoms with Crippen molar-refractivity contribution in [2.45, 2.75) is 382 Å². The zero-order valence-corrected chi connectivity index (χ0v) is 71.3. The highest BCUT2D eigenvalue weighted by Gasteiger charge is 2.57. The van der Waals surface area contributed by atoms with Crippen molar-refractivity contribution in [2.75, 3.05) is 120 Å². The molecule has 18 aliphatic rings. The Bertz CT molecular complexity index is 2380. The minimum Gasteiger partial charge on any atom is -0.300 e. The van der Waals surface area contributed by atoms with E-state index in [0.717, 1.165) is 94.6 Å². The van der Waals surface area contributed by atoms with Crippen molar-refractivity contribution in [1.82, 2.24) is 44.1 Å². The molecule has 0 aromatic carbocycles. The Morgan fingerprint density at radius 2 is 0.469 bits per heavy atom. The lowest BCUT2D eigenvalue weighted by Crippen LogP contribution is -2.74. The summed E-state index contributed by atoms with van der Waals surface area (Å²) in [6.07, 6.45) is 33.9. The molecule has 0 unspecified atom stereocenters. The highest BCUT2D eigenvalue weighted by atomic mass is 32.2. The number of rotatable bonds is 9. The van der Waals surface area contributed by atoms with Gasteiger partial charge in [0.25, 0.3) is 0 Å². The first-order valence-corrected chi connectivity index (χ1v) is 47.3. The van der Waals surface area contributed by atoms with E-state index in [1.54, 1.807) is 0 Å². The molecule has 0 aromatic rings. The van der Waals surface area contributed by atoms with Gasteiger partial charge in [0.15, 0.2) is 0 Å². The average molecular weight is 1430 g/mol. The van der Waals surface area contributed by atoms with E-state index in [9.17, 15) is 8.42 Å². The molecule has 0 atom stereocenters. The molecule has 0 radical (unpaired) electrons. The molecule has 0 bridgehead atoms. The summed E-state index contributed by atoms with van der Waals surface area (Å²) in [5.74, 6) is 13.8. The number of hydrogen-bond donors (Lipinski definition) is 0. The standard InChI is InChI=1S/2C9H17NOS.6C9H17N.C8H15NS.2C2H6/c1-8(2)10-4-9(5-10)6-12(3,11)7-9;1-8(2)10-5-4-9(10)6-12(3,11)7-9;2*1-8(2)10-6-9(7-10)4-3-5-9;4*1-8(2)10-7-6-9(10)4-3-5-9;1-7(2)9-3-8(4-9)5-10-6-8;2*1-2/h2*8H,3-7H2,1-2H3;6*8H,3-7H2,1-2H3;7H,3-6H2,1-2H3;2*1-2H3. The highest BCUT2D eigenvalue weighted by Crippen LogP contribution is 2.53. The Labute approximate surface area is 614 Å². The summed E-state index contributed by atoms with van der Waals surface area (Å²) in [7, 11) is -3.28. The molecule has 0 amide bonds. The fourth-order valence-electron chi connectivity index (χ4n) is 21.1. The predicted octanol–water partition coefficient (Wildman–Crippen LogP) is 16.3. The van der Waals surface area contributed by atoms with Crippen LogP contribution in [0.5, 0.6) is 0 Å². The van der Waals surface area contributed by atoms with E-state index in [-0.39, 0.29) is 0 Å². The van der Waals surface area contributed by atoms with Gasteiger partial charge in [-0.25, -0.2) is 0 Å². The maximum absolute atomic E-state index is 11.5. The number of hydrogen-bond acceptors (Lipinski definition) is 12. The minimum atomic E-state index is -1.66. The first-order chi connectivity index (χ1) is 46.0. The Morgan fingerprint density at radius 1 is 0.265 bits per heavy atom. The van der Waals surface area contributed by atoms with Crippen molar-refractivity contribution in [2.24, 2.45) is 21.7 Å². The van der Waals surface area contributed by atoms with Crippen LogP contribution in [0.4, 0.5) is 0 Å². The van der Waals surface area contributed by atoms with Crippen LogP contribution in [0.25, 0.3) is 0 Å². The van der Waals surface area contributed by atoms with E-state index >= 15 is 0 Å². The molecule has 0 aromatic heterocycles. The van der Waals surface area contributed by atoms with Gasteiger partial charge < -0.3 is 0 Å². The normalized spacial score (nSPS) is 30.5. The Hall–Kier alpha value is 0.0300. The average Bonchev–Trinajstić information content (AvgIpc) is 0.722. The van der Waals surface area contributed by atoms with Gasteiger partial charge in [-0.3, -0.25) is 52.5 Å². The number of likely N-dealkylation sites (tertiary alicyclic amines) is 9. The minimum absolute atomic E-state index is 0.312. The monoisotopic (exact) mass is 1430 g/mol. The molecule has 12 saturated heterocycles. The molecule has 14 heteroatoms. The Morgan fingerprint density at radius 3 is 0.592 bits per heavy atom. The first kappa shape index (κ1) is 83.7. The first-order valence-electron chi connectivity index (χ1n) is 42.0. The van der Waals surface area contributed by atoms with Crippen LogP contribution in [0.15, 0.2) is 0 Å². The molecular weight excluding hydrogens is 1260 g/mol. The van der Waals surface area contributed by atoms with Crippen molar-refractivity contribution in [1.29, 1.82) is 0 Å². The van der Waals surface area contributed by atoms with E-state index in [0.29, 0.717) is 45.2 Å². The van der Waals surface area contributed by atoms with E-state index in [1.165, 1.54) is 231 Å². The summed E-state index contributed by atoms with van der Waals surface area (Å²) < 4.78 is 22.9. The molecule has 18 rings (SSSR count). The highest BCUT2D eigenvalue weighted by molar-refractivity contribution is 8.02. The summed E-state index contributed by atoms with van der Waals surface area (Å²) in [6, 6.07) is 6.74. The van der Waals surface area contributed by atoms with Gasteiger partial charge in [-0.2, -0.15) is 11.8 Å². The molecule has 11 nitrogen and oxygen atoms in total. The molecule has 12 heterocycles. The fourth-order valence-corrected chi connectivity index (χ4v) is 27.2. The summed E-state index contributed by atoms with van der Waals surface area (Å²) in [5, 5.41) is 0. The van der Waals surface area contributed by atoms with Gasteiger partial charge in [0.2, 0.25) is 0 Å². The number of thioether (sulfide) groups is 1.